The van der Waals surface area contributed by atoms with Gasteiger partial charge in [-0.05, 0) is 12.3 Å². The van der Waals surface area contributed by atoms with Gasteiger partial charge in [-0.3, -0.25) is 9.59 Å². The first kappa shape index (κ1) is 13.0. The van der Waals surface area contributed by atoms with E-state index in [-0.39, 0.29) is 23.8 Å². The molecule has 4 nitrogen and oxygen atoms in total. The fourth-order valence-electron chi connectivity index (χ4n) is 1.93. The number of rotatable bonds is 3. The largest absolute Gasteiger partial charge is 0.353 e. The summed E-state index contributed by atoms with van der Waals surface area (Å²) in [6.07, 6.45) is 0.683. The molecule has 0 aromatic rings. The van der Waals surface area contributed by atoms with Crippen molar-refractivity contribution in [1.29, 1.82) is 0 Å². The maximum atomic E-state index is 12.2. The Balaban J connectivity index is 2.76. The summed E-state index contributed by atoms with van der Waals surface area (Å²) in [6.45, 7) is 9.16. The van der Waals surface area contributed by atoms with Crippen molar-refractivity contribution in [2.75, 3.05) is 13.1 Å². The van der Waals surface area contributed by atoms with Gasteiger partial charge in [0.1, 0.15) is 6.04 Å². The summed E-state index contributed by atoms with van der Waals surface area (Å²) in [5.41, 5.74) is 0. The van der Waals surface area contributed by atoms with Crippen LogP contribution in [-0.2, 0) is 9.59 Å². The Morgan fingerprint density at radius 2 is 2.12 bits per heavy atom. The Kier molecular flexibility index (Phi) is 4.33. The van der Waals surface area contributed by atoms with Gasteiger partial charge in [0.25, 0.3) is 0 Å². The second-order valence-corrected chi connectivity index (χ2v) is 4.78. The van der Waals surface area contributed by atoms with Gasteiger partial charge in [-0.15, -0.1) is 0 Å². The van der Waals surface area contributed by atoms with Crippen LogP contribution in [0.5, 0.6) is 0 Å². The highest BCUT2D eigenvalue weighted by Crippen LogP contribution is 2.17. The molecule has 0 aromatic carbocycles. The zero-order valence-electron chi connectivity index (χ0n) is 10.6. The van der Waals surface area contributed by atoms with Crippen LogP contribution in [0.1, 0.15) is 34.1 Å². The summed E-state index contributed by atoms with van der Waals surface area (Å²) in [5, 5.41) is 2.80. The van der Waals surface area contributed by atoms with E-state index in [0.29, 0.717) is 25.4 Å². The molecule has 0 bridgehead atoms. The van der Waals surface area contributed by atoms with Gasteiger partial charge in [0.2, 0.25) is 11.8 Å². The molecule has 1 rings (SSSR count). The van der Waals surface area contributed by atoms with Crippen LogP contribution in [0.15, 0.2) is 0 Å². The Morgan fingerprint density at radius 1 is 1.50 bits per heavy atom. The van der Waals surface area contributed by atoms with Crippen LogP contribution >= 0.6 is 0 Å². The molecule has 2 amide bonds. The summed E-state index contributed by atoms with van der Waals surface area (Å²) < 4.78 is 0. The highest BCUT2D eigenvalue weighted by atomic mass is 16.2. The molecular weight excluding hydrogens is 204 g/mol. The maximum Gasteiger partial charge on any atom is 0.242 e. The van der Waals surface area contributed by atoms with Crippen LogP contribution in [0.3, 0.4) is 0 Å². The van der Waals surface area contributed by atoms with E-state index >= 15 is 0 Å². The average molecular weight is 226 g/mol. The van der Waals surface area contributed by atoms with Gasteiger partial charge in [0.05, 0.1) is 0 Å². The van der Waals surface area contributed by atoms with Gasteiger partial charge in [-0.2, -0.15) is 0 Å². The highest BCUT2D eigenvalue weighted by Gasteiger charge is 2.34. The number of carbonyl (C=O) groups excluding carboxylic acids is 2. The van der Waals surface area contributed by atoms with Gasteiger partial charge in [-0.25, -0.2) is 0 Å². The van der Waals surface area contributed by atoms with E-state index < -0.39 is 0 Å². The minimum absolute atomic E-state index is 0.0139. The quantitative estimate of drug-likeness (QED) is 0.781. The zero-order chi connectivity index (χ0) is 12.3. The molecule has 1 N–H and O–H groups in total. The molecule has 0 aromatic heterocycles. The molecule has 4 heteroatoms. The highest BCUT2D eigenvalue weighted by molar-refractivity contribution is 5.89. The lowest BCUT2D eigenvalue weighted by Gasteiger charge is -2.36. The molecular formula is C12H22N2O2. The van der Waals surface area contributed by atoms with Crippen molar-refractivity contribution >= 4 is 11.8 Å². The van der Waals surface area contributed by atoms with E-state index in [4.69, 9.17) is 0 Å². The van der Waals surface area contributed by atoms with Crippen molar-refractivity contribution in [3.8, 4) is 0 Å². The number of amides is 2. The lowest BCUT2D eigenvalue weighted by Crippen LogP contribution is -2.58. The van der Waals surface area contributed by atoms with E-state index in [1.54, 1.807) is 4.90 Å². The molecule has 1 saturated heterocycles. The number of nitrogens with zero attached hydrogens (tertiary/aromatic N) is 1. The van der Waals surface area contributed by atoms with Crippen molar-refractivity contribution in [2.45, 2.75) is 40.2 Å². The number of nitrogens with one attached hydrogen (secondary N) is 1. The Morgan fingerprint density at radius 3 is 2.62 bits per heavy atom. The van der Waals surface area contributed by atoms with Crippen LogP contribution in [0.4, 0.5) is 0 Å². The van der Waals surface area contributed by atoms with Gasteiger partial charge in [0.15, 0.2) is 0 Å². The van der Waals surface area contributed by atoms with Crippen LogP contribution in [-0.4, -0.2) is 35.8 Å². The monoisotopic (exact) mass is 226 g/mol. The van der Waals surface area contributed by atoms with Crippen molar-refractivity contribution in [1.82, 2.24) is 10.2 Å². The maximum absolute atomic E-state index is 12.2. The van der Waals surface area contributed by atoms with Gasteiger partial charge in [0, 0.05) is 19.0 Å². The van der Waals surface area contributed by atoms with Crippen LogP contribution in [0.2, 0.25) is 0 Å². The van der Waals surface area contributed by atoms with Gasteiger partial charge >= 0.3 is 0 Å². The molecule has 1 heterocycles. The third-order valence-corrected chi connectivity index (χ3v) is 3.39. The second-order valence-electron chi connectivity index (χ2n) is 4.78. The van der Waals surface area contributed by atoms with Crippen LogP contribution in [0, 0.1) is 11.8 Å². The standard InChI is InChI=1S/C12H22N2O2/c1-5-10-11(15)13-6-7-14(10)12(16)9(4)8(2)3/h8-10H,5-7H2,1-4H3,(H,13,15). The summed E-state index contributed by atoms with van der Waals surface area (Å²) in [4.78, 5) is 25.6. The molecule has 1 fully saturated rings. The first-order chi connectivity index (χ1) is 7.49. The summed E-state index contributed by atoms with van der Waals surface area (Å²) >= 11 is 0. The summed E-state index contributed by atoms with van der Waals surface area (Å²) in [6, 6.07) is -0.276. The lowest BCUT2D eigenvalue weighted by molar-refractivity contribution is -0.146. The predicted molar refractivity (Wildman–Crippen MR) is 62.8 cm³/mol. The fourth-order valence-corrected chi connectivity index (χ4v) is 1.93. The second kappa shape index (κ2) is 5.32. The Labute approximate surface area is 97.4 Å². The van der Waals surface area contributed by atoms with Crippen molar-refractivity contribution < 1.29 is 9.59 Å². The van der Waals surface area contributed by atoms with Crippen LogP contribution in [0.25, 0.3) is 0 Å². The van der Waals surface area contributed by atoms with Crippen molar-refractivity contribution in [3.63, 3.8) is 0 Å². The Hall–Kier alpha value is -1.06. The Bertz CT molecular complexity index is 276. The van der Waals surface area contributed by atoms with Crippen molar-refractivity contribution in [3.05, 3.63) is 0 Å². The number of hydrogen-bond acceptors (Lipinski definition) is 2. The molecule has 1 aliphatic rings. The molecule has 16 heavy (non-hydrogen) atoms. The SMILES string of the molecule is CCC1C(=O)NCCN1C(=O)C(C)C(C)C. The molecule has 0 spiro atoms. The molecule has 2 unspecified atom stereocenters. The molecule has 2 atom stereocenters. The van der Waals surface area contributed by atoms with E-state index in [1.807, 2.05) is 27.7 Å². The van der Waals surface area contributed by atoms with E-state index in [1.165, 1.54) is 0 Å². The number of carbonyl (C=O) groups is 2. The van der Waals surface area contributed by atoms with E-state index in [0.717, 1.165) is 0 Å². The predicted octanol–water partition coefficient (Wildman–Crippen LogP) is 1.02. The molecule has 92 valence electrons. The summed E-state index contributed by atoms with van der Waals surface area (Å²) in [7, 11) is 0. The first-order valence-electron chi connectivity index (χ1n) is 6.07. The minimum Gasteiger partial charge on any atom is -0.353 e. The smallest absolute Gasteiger partial charge is 0.242 e. The normalized spacial score (nSPS) is 23.2. The third-order valence-electron chi connectivity index (χ3n) is 3.39. The minimum atomic E-state index is -0.276. The molecule has 0 radical (unpaired) electrons. The average Bonchev–Trinajstić information content (AvgIpc) is 2.26. The van der Waals surface area contributed by atoms with E-state index in [9.17, 15) is 9.59 Å². The van der Waals surface area contributed by atoms with E-state index in [2.05, 4.69) is 5.32 Å². The number of piperazine rings is 1. The van der Waals surface area contributed by atoms with Crippen molar-refractivity contribution in [2.24, 2.45) is 11.8 Å². The lowest BCUT2D eigenvalue weighted by atomic mass is 9.95. The number of hydrogen-bond donors (Lipinski definition) is 1. The molecule has 0 aliphatic carbocycles. The van der Waals surface area contributed by atoms with Gasteiger partial charge < -0.3 is 10.2 Å². The van der Waals surface area contributed by atoms with Gasteiger partial charge in [-0.1, -0.05) is 27.7 Å². The molecule has 0 saturated carbocycles. The third kappa shape index (κ3) is 2.54. The first-order valence-corrected chi connectivity index (χ1v) is 6.07. The fraction of sp³-hybridized carbons (Fsp3) is 0.833. The molecule has 1 aliphatic heterocycles. The summed E-state index contributed by atoms with van der Waals surface area (Å²) in [5.74, 6) is 0.393. The zero-order valence-corrected chi connectivity index (χ0v) is 10.6. The topological polar surface area (TPSA) is 49.4 Å². The van der Waals surface area contributed by atoms with Crippen LogP contribution < -0.4 is 5.32 Å².